The number of benzene rings is 1. The molecule has 0 atom stereocenters. The summed E-state index contributed by atoms with van der Waals surface area (Å²) in [6.07, 6.45) is 7.79. The molecular formula is C18H25NO2. The number of rotatable bonds is 7. The Balaban J connectivity index is 2.26. The minimum atomic E-state index is -0.240. The van der Waals surface area contributed by atoms with Crippen LogP contribution in [0, 0.1) is 0 Å². The molecule has 1 aromatic carbocycles. The zero-order valence-electron chi connectivity index (χ0n) is 13.3. The third kappa shape index (κ3) is 3.66. The maximum Gasteiger partial charge on any atom is 0.419 e. The molecule has 1 heterocycles. The van der Waals surface area contributed by atoms with Gasteiger partial charge in [0.1, 0.15) is 0 Å². The van der Waals surface area contributed by atoms with E-state index in [0.29, 0.717) is 5.58 Å². The molecule has 0 aliphatic heterocycles. The van der Waals surface area contributed by atoms with E-state index in [1.807, 2.05) is 12.1 Å². The van der Waals surface area contributed by atoms with Crippen LogP contribution in [-0.2, 0) is 6.54 Å². The molecule has 0 radical (unpaired) electrons. The van der Waals surface area contributed by atoms with Crippen LogP contribution in [0.4, 0.5) is 0 Å². The van der Waals surface area contributed by atoms with E-state index in [4.69, 9.17) is 4.42 Å². The Morgan fingerprint density at radius 3 is 2.76 bits per heavy atom. The maximum atomic E-state index is 12.0. The van der Waals surface area contributed by atoms with Crippen LogP contribution in [0.25, 0.3) is 16.7 Å². The van der Waals surface area contributed by atoms with Gasteiger partial charge in [-0.05, 0) is 43.0 Å². The second-order valence-electron chi connectivity index (χ2n) is 5.56. The first kappa shape index (κ1) is 15.6. The second-order valence-corrected chi connectivity index (χ2v) is 5.56. The molecule has 3 nitrogen and oxygen atoms in total. The molecule has 0 N–H and O–H groups in total. The SMILES string of the molecule is CC/C=C(\C)c1ccc2c(c1)oc(=O)n2CCCCCC. The van der Waals surface area contributed by atoms with Gasteiger partial charge in [-0.2, -0.15) is 0 Å². The van der Waals surface area contributed by atoms with E-state index >= 15 is 0 Å². The molecule has 0 saturated heterocycles. The lowest BCUT2D eigenvalue weighted by atomic mass is 10.1. The van der Waals surface area contributed by atoms with Gasteiger partial charge in [0, 0.05) is 6.54 Å². The van der Waals surface area contributed by atoms with Crippen molar-refractivity contribution in [2.75, 3.05) is 0 Å². The van der Waals surface area contributed by atoms with E-state index in [1.54, 1.807) is 4.57 Å². The first-order valence-corrected chi connectivity index (χ1v) is 7.97. The van der Waals surface area contributed by atoms with Crippen LogP contribution in [0.1, 0.15) is 58.4 Å². The number of unbranched alkanes of at least 4 members (excludes halogenated alkanes) is 3. The van der Waals surface area contributed by atoms with Crippen molar-refractivity contribution in [2.24, 2.45) is 0 Å². The highest BCUT2D eigenvalue weighted by molar-refractivity contribution is 5.79. The highest BCUT2D eigenvalue weighted by Crippen LogP contribution is 2.21. The zero-order valence-corrected chi connectivity index (χ0v) is 13.3. The fourth-order valence-electron chi connectivity index (χ4n) is 2.64. The van der Waals surface area contributed by atoms with Crippen LogP contribution in [0.15, 0.2) is 33.5 Å². The predicted molar refractivity (Wildman–Crippen MR) is 88.6 cm³/mol. The number of hydrogen-bond donors (Lipinski definition) is 0. The van der Waals surface area contributed by atoms with Crippen molar-refractivity contribution in [3.63, 3.8) is 0 Å². The standard InChI is InChI=1S/C18H25NO2/c1-4-6-7-8-12-19-16-11-10-15(14(3)9-5-2)13-17(16)21-18(19)20/h9-11,13H,4-8,12H2,1-3H3/b14-9+. The minimum absolute atomic E-state index is 0.240. The van der Waals surface area contributed by atoms with Crippen molar-refractivity contribution in [1.29, 1.82) is 0 Å². The van der Waals surface area contributed by atoms with E-state index < -0.39 is 0 Å². The van der Waals surface area contributed by atoms with Gasteiger partial charge in [0.05, 0.1) is 5.52 Å². The number of aromatic nitrogens is 1. The summed E-state index contributed by atoms with van der Waals surface area (Å²) in [6.45, 7) is 7.14. The van der Waals surface area contributed by atoms with Crippen molar-refractivity contribution in [2.45, 2.75) is 59.4 Å². The Morgan fingerprint density at radius 1 is 1.24 bits per heavy atom. The summed E-state index contributed by atoms with van der Waals surface area (Å²) in [5.41, 5.74) is 3.94. The highest BCUT2D eigenvalue weighted by atomic mass is 16.4. The van der Waals surface area contributed by atoms with Crippen molar-refractivity contribution < 1.29 is 4.42 Å². The van der Waals surface area contributed by atoms with E-state index in [1.165, 1.54) is 18.4 Å². The zero-order chi connectivity index (χ0) is 15.2. The lowest BCUT2D eigenvalue weighted by molar-refractivity contribution is 0.488. The van der Waals surface area contributed by atoms with E-state index in [-0.39, 0.29) is 5.76 Å². The smallest absolute Gasteiger partial charge is 0.408 e. The van der Waals surface area contributed by atoms with Gasteiger partial charge in [-0.3, -0.25) is 4.57 Å². The average molecular weight is 287 g/mol. The van der Waals surface area contributed by atoms with Gasteiger partial charge >= 0.3 is 5.76 Å². The normalized spacial score (nSPS) is 12.2. The third-order valence-electron chi connectivity index (χ3n) is 3.87. The van der Waals surface area contributed by atoms with Crippen LogP contribution < -0.4 is 5.76 Å². The van der Waals surface area contributed by atoms with Crippen molar-refractivity contribution in [3.05, 3.63) is 40.4 Å². The first-order valence-electron chi connectivity index (χ1n) is 7.97. The van der Waals surface area contributed by atoms with Gasteiger partial charge in [-0.15, -0.1) is 0 Å². The summed E-state index contributed by atoms with van der Waals surface area (Å²) >= 11 is 0. The molecule has 0 saturated carbocycles. The largest absolute Gasteiger partial charge is 0.419 e. The molecule has 2 rings (SSSR count). The van der Waals surface area contributed by atoms with Crippen LogP contribution in [-0.4, -0.2) is 4.57 Å². The van der Waals surface area contributed by atoms with Crippen LogP contribution >= 0.6 is 0 Å². The average Bonchev–Trinajstić information content (AvgIpc) is 2.78. The number of allylic oxidation sites excluding steroid dienone is 2. The predicted octanol–water partition coefficient (Wildman–Crippen LogP) is 4.99. The van der Waals surface area contributed by atoms with E-state index in [0.717, 1.165) is 36.9 Å². The third-order valence-corrected chi connectivity index (χ3v) is 3.87. The summed E-state index contributed by atoms with van der Waals surface area (Å²) in [7, 11) is 0. The summed E-state index contributed by atoms with van der Waals surface area (Å²) < 4.78 is 7.16. The van der Waals surface area contributed by atoms with Gasteiger partial charge in [-0.25, -0.2) is 4.79 Å². The number of fused-ring (bicyclic) bond motifs is 1. The topological polar surface area (TPSA) is 35.1 Å². The Kier molecular flexibility index (Phi) is 5.43. The first-order chi connectivity index (χ1) is 10.2. The number of hydrogen-bond acceptors (Lipinski definition) is 2. The molecule has 0 unspecified atom stereocenters. The summed E-state index contributed by atoms with van der Waals surface area (Å²) in [5, 5.41) is 0. The van der Waals surface area contributed by atoms with Crippen LogP contribution in [0.3, 0.4) is 0 Å². The molecule has 114 valence electrons. The molecule has 0 amide bonds. The van der Waals surface area contributed by atoms with Crippen LogP contribution in [0.2, 0.25) is 0 Å². The molecule has 0 spiro atoms. The van der Waals surface area contributed by atoms with Gasteiger partial charge < -0.3 is 4.42 Å². The fraction of sp³-hybridized carbons (Fsp3) is 0.500. The lowest BCUT2D eigenvalue weighted by Crippen LogP contribution is -2.14. The molecule has 3 heteroatoms. The van der Waals surface area contributed by atoms with Crippen molar-refractivity contribution >= 4 is 16.7 Å². The maximum absolute atomic E-state index is 12.0. The van der Waals surface area contributed by atoms with Gasteiger partial charge in [0.15, 0.2) is 5.58 Å². The Hall–Kier alpha value is -1.77. The molecular weight excluding hydrogens is 262 g/mol. The summed E-state index contributed by atoms with van der Waals surface area (Å²) in [5.74, 6) is -0.240. The highest BCUT2D eigenvalue weighted by Gasteiger charge is 2.09. The minimum Gasteiger partial charge on any atom is -0.408 e. The van der Waals surface area contributed by atoms with Crippen molar-refractivity contribution in [3.8, 4) is 0 Å². The number of nitrogens with zero attached hydrogens (tertiary/aromatic N) is 1. The van der Waals surface area contributed by atoms with Crippen molar-refractivity contribution in [1.82, 2.24) is 4.57 Å². The van der Waals surface area contributed by atoms with Gasteiger partial charge in [0.25, 0.3) is 0 Å². The Morgan fingerprint density at radius 2 is 2.05 bits per heavy atom. The van der Waals surface area contributed by atoms with E-state index in [9.17, 15) is 4.79 Å². The van der Waals surface area contributed by atoms with Crippen LogP contribution in [0.5, 0.6) is 0 Å². The molecule has 0 bridgehead atoms. The lowest BCUT2D eigenvalue weighted by Gasteiger charge is -2.03. The fourth-order valence-corrected chi connectivity index (χ4v) is 2.64. The Bertz CT molecular complexity index is 676. The second kappa shape index (κ2) is 7.30. The number of oxazole rings is 1. The molecule has 0 aliphatic rings. The quantitative estimate of drug-likeness (QED) is 0.672. The summed E-state index contributed by atoms with van der Waals surface area (Å²) in [4.78, 5) is 12.0. The number of aryl methyl sites for hydroxylation is 1. The molecule has 0 aliphatic carbocycles. The molecule has 0 fully saturated rings. The Labute approximate surface area is 126 Å². The summed E-state index contributed by atoms with van der Waals surface area (Å²) in [6, 6.07) is 6.05. The van der Waals surface area contributed by atoms with Gasteiger partial charge in [-0.1, -0.05) is 45.3 Å². The molecule has 21 heavy (non-hydrogen) atoms. The molecule has 2 aromatic rings. The monoisotopic (exact) mass is 287 g/mol. The van der Waals surface area contributed by atoms with E-state index in [2.05, 4.69) is 32.9 Å². The molecule has 1 aromatic heterocycles. The van der Waals surface area contributed by atoms with Gasteiger partial charge in [0.2, 0.25) is 0 Å².